The molecule has 0 radical (unpaired) electrons. The minimum Gasteiger partial charge on any atom is -0.392 e. The molecule has 0 amide bonds. The Balaban J connectivity index is 0.00000411. The van der Waals surface area contributed by atoms with Crippen molar-refractivity contribution in [2.24, 2.45) is 5.92 Å². The van der Waals surface area contributed by atoms with Crippen molar-refractivity contribution in [1.29, 1.82) is 0 Å². The van der Waals surface area contributed by atoms with Gasteiger partial charge < -0.3 is 19.3 Å². The number of aliphatic hydroxyl groups is 1. The maximum Gasteiger partial charge on any atom is 0.135 e. The number of carbonyl (C=O) groups excluding carboxylic acids is 1. The fourth-order valence-corrected chi connectivity index (χ4v) is 5.05. The van der Waals surface area contributed by atoms with Gasteiger partial charge in [0, 0.05) is 44.1 Å². The first-order valence-electron chi connectivity index (χ1n) is 15.9. The van der Waals surface area contributed by atoms with Gasteiger partial charge in [0.1, 0.15) is 5.78 Å². The van der Waals surface area contributed by atoms with E-state index in [1.54, 1.807) is 4.68 Å². The van der Waals surface area contributed by atoms with Crippen LogP contribution < -0.4 is 0 Å². The van der Waals surface area contributed by atoms with Crippen LogP contribution in [0.1, 0.15) is 114 Å². The van der Waals surface area contributed by atoms with Gasteiger partial charge in [0.05, 0.1) is 48.9 Å². The zero-order valence-electron chi connectivity index (χ0n) is 28.2. The SMILES string of the molecule is CC.CCC(=O)CC(C)(C)OCC(C)(C)OCCn1cc(CC(C)OCCC(C)(C)N2CCC(CC)C(O)C2)nn1. The van der Waals surface area contributed by atoms with Gasteiger partial charge in [-0.25, -0.2) is 4.68 Å². The number of ketones is 1. The molecule has 1 aliphatic heterocycles. The fraction of sp³-hybridized carbons (Fsp3) is 0.906. The predicted molar refractivity (Wildman–Crippen MR) is 165 cm³/mol. The van der Waals surface area contributed by atoms with Gasteiger partial charge in [-0.3, -0.25) is 9.69 Å². The highest BCUT2D eigenvalue weighted by atomic mass is 16.6. The standard InChI is InChI=1S/C30H56N4O5.C2H6/c1-10-24-12-14-33(21-27(24)36)28(4,5)13-16-37-23(3)18-25-20-34(32-31-25)15-17-38-30(8,9)22-39-29(6,7)19-26(35)11-2;1-2/h20,23-24,27,36H,10-19,21-22H2,1-9H3;1-2H3. The van der Waals surface area contributed by atoms with Crippen LogP contribution in [0.2, 0.25) is 0 Å². The molecular weight excluding hydrogens is 520 g/mol. The topological polar surface area (TPSA) is 98.9 Å². The van der Waals surface area contributed by atoms with Crippen molar-refractivity contribution in [1.82, 2.24) is 19.9 Å². The Kier molecular flexibility index (Phi) is 16.2. The third-order valence-electron chi connectivity index (χ3n) is 7.94. The molecule has 0 aromatic carbocycles. The van der Waals surface area contributed by atoms with Crippen LogP contribution in [0.15, 0.2) is 6.20 Å². The highest BCUT2D eigenvalue weighted by Crippen LogP contribution is 2.28. The van der Waals surface area contributed by atoms with Crippen molar-refractivity contribution in [3.8, 4) is 0 Å². The number of hydrogen-bond acceptors (Lipinski definition) is 8. The number of carbonyl (C=O) groups is 1. The molecule has 0 spiro atoms. The van der Waals surface area contributed by atoms with E-state index < -0.39 is 11.2 Å². The number of rotatable bonds is 18. The minimum atomic E-state index is -0.503. The summed E-state index contributed by atoms with van der Waals surface area (Å²) >= 11 is 0. The van der Waals surface area contributed by atoms with Crippen LogP contribution in [-0.4, -0.2) is 92.6 Å². The molecule has 0 bridgehead atoms. The van der Waals surface area contributed by atoms with Crippen molar-refractivity contribution in [3.05, 3.63) is 11.9 Å². The number of likely N-dealkylation sites (tertiary alicyclic amines) is 1. The molecule has 3 unspecified atom stereocenters. The molecule has 1 fully saturated rings. The average Bonchev–Trinajstić information content (AvgIpc) is 3.35. The van der Waals surface area contributed by atoms with E-state index in [1.807, 2.05) is 54.7 Å². The van der Waals surface area contributed by atoms with E-state index in [0.717, 1.165) is 38.0 Å². The van der Waals surface area contributed by atoms with Crippen molar-refractivity contribution in [2.75, 3.05) is 32.9 Å². The highest BCUT2D eigenvalue weighted by Gasteiger charge is 2.34. The number of ether oxygens (including phenoxy) is 3. The molecule has 240 valence electrons. The highest BCUT2D eigenvalue weighted by molar-refractivity contribution is 5.78. The Morgan fingerprint density at radius 1 is 1.10 bits per heavy atom. The molecule has 1 aliphatic rings. The number of Topliss-reactive ketones (excluding diaryl/α,β-unsaturated/α-hetero) is 1. The maximum absolute atomic E-state index is 11.8. The molecule has 1 aromatic heterocycles. The van der Waals surface area contributed by atoms with Gasteiger partial charge in [-0.05, 0) is 73.8 Å². The normalized spacial score (nSPS) is 19.5. The Bertz CT molecular complexity index is 870. The van der Waals surface area contributed by atoms with E-state index in [4.69, 9.17) is 14.2 Å². The van der Waals surface area contributed by atoms with Crippen LogP contribution >= 0.6 is 0 Å². The summed E-state index contributed by atoms with van der Waals surface area (Å²) in [5.41, 5.74) is -0.0891. The van der Waals surface area contributed by atoms with Crippen molar-refractivity contribution in [2.45, 2.75) is 150 Å². The molecule has 3 atom stereocenters. The lowest BCUT2D eigenvalue weighted by molar-refractivity contribution is -0.138. The molecule has 1 N–H and O–H groups in total. The summed E-state index contributed by atoms with van der Waals surface area (Å²) in [4.78, 5) is 14.2. The molecule has 0 saturated carbocycles. The average molecular weight is 583 g/mol. The number of piperidine rings is 1. The summed E-state index contributed by atoms with van der Waals surface area (Å²) in [6.07, 6.45) is 6.41. The van der Waals surface area contributed by atoms with Crippen LogP contribution in [0.25, 0.3) is 0 Å². The Morgan fingerprint density at radius 3 is 2.39 bits per heavy atom. The van der Waals surface area contributed by atoms with Gasteiger partial charge >= 0.3 is 0 Å². The molecule has 9 nitrogen and oxygen atoms in total. The zero-order valence-corrected chi connectivity index (χ0v) is 28.2. The summed E-state index contributed by atoms with van der Waals surface area (Å²) < 4.78 is 20.0. The van der Waals surface area contributed by atoms with Crippen LogP contribution in [0.3, 0.4) is 0 Å². The van der Waals surface area contributed by atoms with E-state index >= 15 is 0 Å². The quantitative estimate of drug-likeness (QED) is 0.243. The monoisotopic (exact) mass is 582 g/mol. The zero-order chi connectivity index (χ0) is 31.3. The molecule has 1 saturated heterocycles. The van der Waals surface area contributed by atoms with Crippen LogP contribution in [0.4, 0.5) is 0 Å². The summed E-state index contributed by atoms with van der Waals surface area (Å²) in [5.74, 6) is 0.627. The largest absolute Gasteiger partial charge is 0.392 e. The lowest BCUT2D eigenvalue weighted by atomic mass is 9.87. The Labute approximate surface area is 250 Å². The molecular formula is C32H62N4O5. The molecule has 41 heavy (non-hydrogen) atoms. The third-order valence-corrected chi connectivity index (χ3v) is 7.94. The second kappa shape index (κ2) is 17.7. The number of β-amino-alcohol motifs (C(OH)–C–C–N with tert-alkyl or cyclic N) is 1. The van der Waals surface area contributed by atoms with Crippen molar-refractivity contribution >= 4 is 5.78 Å². The van der Waals surface area contributed by atoms with Crippen molar-refractivity contribution in [3.63, 3.8) is 0 Å². The van der Waals surface area contributed by atoms with Gasteiger partial charge in [0.15, 0.2) is 0 Å². The summed E-state index contributed by atoms with van der Waals surface area (Å²) in [6, 6.07) is 0. The Morgan fingerprint density at radius 2 is 1.78 bits per heavy atom. The molecule has 2 heterocycles. The predicted octanol–water partition coefficient (Wildman–Crippen LogP) is 5.47. The van der Waals surface area contributed by atoms with Gasteiger partial charge in [0.2, 0.25) is 0 Å². The van der Waals surface area contributed by atoms with Gasteiger partial charge in [-0.15, -0.1) is 5.10 Å². The van der Waals surface area contributed by atoms with Crippen LogP contribution in [0, 0.1) is 5.92 Å². The van der Waals surface area contributed by atoms with Gasteiger partial charge in [0.25, 0.3) is 0 Å². The van der Waals surface area contributed by atoms with E-state index in [0.29, 0.717) is 51.5 Å². The van der Waals surface area contributed by atoms with E-state index in [9.17, 15) is 9.90 Å². The van der Waals surface area contributed by atoms with Crippen LogP contribution in [-0.2, 0) is 32.0 Å². The Hall–Kier alpha value is -1.39. The second-order valence-electron chi connectivity index (χ2n) is 13.1. The number of aliphatic hydroxyl groups excluding tert-OH is 1. The number of aromatic nitrogens is 3. The maximum atomic E-state index is 11.8. The first-order valence-corrected chi connectivity index (χ1v) is 15.9. The van der Waals surface area contributed by atoms with Gasteiger partial charge in [-0.1, -0.05) is 39.3 Å². The summed E-state index contributed by atoms with van der Waals surface area (Å²) in [5, 5.41) is 19.0. The summed E-state index contributed by atoms with van der Waals surface area (Å²) in [7, 11) is 0. The van der Waals surface area contributed by atoms with E-state index in [-0.39, 0.29) is 23.5 Å². The number of nitrogens with zero attached hydrogens (tertiary/aromatic N) is 4. The first-order chi connectivity index (χ1) is 19.2. The minimum absolute atomic E-state index is 0.00987. The van der Waals surface area contributed by atoms with Crippen molar-refractivity contribution < 1.29 is 24.1 Å². The first kappa shape index (κ1) is 37.6. The molecule has 9 heteroatoms. The number of hydrogen-bond donors (Lipinski definition) is 1. The lowest BCUT2D eigenvalue weighted by Crippen LogP contribution is -2.53. The molecule has 1 aromatic rings. The second-order valence-corrected chi connectivity index (χ2v) is 13.1. The molecule has 0 aliphatic carbocycles. The fourth-order valence-electron chi connectivity index (χ4n) is 5.05. The van der Waals surface area contributed by atoms with Gasteiger partial charge in [-0.2, -0.15) is 0 Å². The molecule has 2 rings (SSSR count). The van der Waals surface area contributed by atoms with E-state index in [1.165, 1.54) is 0 Å². The smallest absolute Gasteiger partial charge is 0.135 e. The van der Waals surface area contributed by atoms with E-state index in [2.05, 4.69) is 42.9 Å². The summed E-state index contributed by atoms with van der Waals surface area (Å²) in [6.45, 7) is 26.4. The lowest BCUT2D eigenvalue weighted by Gasteiger charge is -2.45. The third kappa shape index (κ3) is 14.1. The van der Waals surface area contributed by atoms with Crippen LogP contribution in [0.5, 0.6) is 0 Å².